The molecule has 0 unspecified atom stereocenters. The Bertz CT molecular complexity index is 489. The lowest BCUT2D eigenvalue weighted by Crippen LogP contribution is -2.32. The van der Waals surface area contributed by atoms with E-state index in [4.69, 9.17) is 5.11 Å². The van der Waals surface area contributed by atoms with Crippen molar-refractivity contribution in [3.63, 3.8) is 0 Å². The molecule has 0 bridgehead atoms. The van der Waals surface area contributed by atoms with Crippen molar-refractivity contribution in [3.05, 3.63) is 29.8 Å². The molecule has 0 aliphatic carbocycles. The fourth-order valence-electron chi connectivity index (χ4n) is 1.18. The highest BCUT2D eigenvalue weighted by Crippen LogP contribution is 2.18. The minimum Gasteiger partial charge on any atom is -0.478 e. The zero-order chi connectivity index (χ0) is 14.3. The molecule has 0 heterocycles. The van der Waals surface area contributed by atoms with Crippen molar-refractivity contribution in [1.29, 1.82) is 0 Å². The van der Waals surface area contributed by atoms with Crippen molar-refractivity contribution < 1.29 is 24.2 Å². The van der Waals surface area contributed by atoms with Crippen LogP contribution in [0.5, 0.6) is 0 Å². The number of carbonyl (C=O) groups is 3. The molecule has 0 aliphatic heterocycles. The summed E-state index contributed by atoms with van der Waals surface area (Å²) in [4.78, 5) is 33.7. The lowest BCUT2D eigenvalue weighted by molar-refractivity contribution is -0.117. The van der Waals surface area contributed by atoms with Crippen LogP contribution in [-0.2, 0) is 9.53 Å². The Morgan fingerprint density at radius 2 is 2.11 bits per heavy atom. The van der Waals surface area contributed by atoms with Gasteiger partial charge in [-0.05, 0) is 25.1 Å². The van der Waals surface area contributed by atoms with Gasteiger partial charge in [-0.1, -0.05) is 6.07 Å². The molecule has 1 aromatic carbocycles. The lowest BCUT2D eigenvalue weighted by Gasteiger charge is -2.04. The van der Waals surface area contributed by atoms with Gasteiger partial charge in [-0.15, -0.1) is 11.8 Å². The van der Waals surface area contributed by atoms with Crippen molar-refractivity contribution in [2.24, 2.45) is 0 Å². The molecule has 2 N–H and O–H groups in total. The van der Waals surface area contributed by atoms with Crippen LogP contribution >= 0.6 is 11.8 Å². The topological polar surface area (TPSA) is 92.7 Å². The molecular formula is C12H13NO5S. The molecule has 0 radical (unpaired) electrons. The average molecular weight is 283 g/mol. The van der Waals surface area contributed by atoms with Crippen LogP contribution in [0.25, 0.3) is 0 Å². The number of imide groups is 1. The third kappa shape index (κ3) is 5.43. The number of carboxylic acids is 1. The maximum absolute atomic E-state index is 11.4. The number of ether oxygens (including phenoxy) is 1. The van der Waals surface area contributed by atoms with Crippen LogP contribution in [0, 0.1) is 0 Å². The monoisotopic (exact) mass is 283 g/mol. The highest BCUT2D eigenvalue weighted by atomic mass is 32.2. The van der Waals surface area contributed by atoms with E-state index in [9.17, 15) is 14.4 Å². The maximum Gasteiger partial charge on any atom is 0.413 e. The van der Waals surface area contributed by atoms with Gasteiger partial charge in [0.15, 0.2) is 0 Å². The molecule has 19 heavy (non-hydrogen) atoms. The molecule has 0 saturated carbocycles. The van der Waals surface area contributed by atoms with E-state index in [-0.39, 0.29) is 17.9 Å². The summed E-state index contributed by atoms with van der Waals surface area (Å²) < 4.78 is 4.56. The van der Waals surface area contributed by atoms with Crippen LogP contribution in [0.4, 0.5) is 4.79 Å². The molecule has 0 aliphatic rings. The van der Waals surface area contributed by atoms with Gasteiger partial charge in [0.2, 0.25) is 5.91 Å². The number of alkyl carbamates (subject to hydrolysis) is 1. The summed E-state index contributed by atoms with van der Waals surface area (Å²) >= 11 is 1.14. The molecule has 1 rings (SSSR count). The van der Waals surface area contributed by atoms with Crippen LogP contribution in [0.1, 0.15) is 17.3 Å². The summed E-state index contributed by atoms with van der Waals surface area (Å²) in [5.74, 6) is -1.52. The fourth-order valence-corrected chi connectivity index (χ4v) is 1.94. The molecule has 2 amide bonds. The predicted octanol–water partition coefficient (Wildman–Crippen LogP) is 1.75. The second-order valence-electron chi connectivity index (χ2n) is 3.39. The van der Waals surface area contributed by atoms with Crippen molar-refractivity contribution in [3.8, 4) is 0 Å². The number of amides is 2. The van der Waals surface area contributed by atoms with E-state index in [2.05, 4.69) is 10.1 Å². The largest absolute Gasteiger partial charge is 0.478 e. The summed E-state index contributed by atoms with van der Waals surface area (Å²) in [6.45, 7) is 1.82. The summed E-state index contributed by atoms with van der Waals surface area (Å²) in [7, 11) is 0. The number of carbonyl (C=O) groups excluding carboxylic acids is 2. The van der Waals surface area contributed by atoms with Gasteiger partial charge in [-0.3, -0.25) is 10.1 Å². The zero-order valence-electron chi connectivity index (χ0n) is 10.2. The number of thioether (sulfide) groups is 1. The van der Waals surface area contributed by atoms with Gasteiger partial charge < -0.3 is 9.84 Å². The number of carboxylic acid groups (broad SMARTS) is 1. The number of benzene rings is 1. The second-order valence-corrected chi connectivity index (χ2v) is 4.44. The van der Waals surface area contributed by atoms with Crippen molar-refractivity contribution >= 4 is 29.7 Å². The van der Waals surface area contributed by atoms with Gasteiger partial charge in [0.25, 0.3) is 0 Å². The standard InChI is InChI=1S/C12H13NO5S/c1-2-18-12(17)13-10(14)7-19-9-5-3-4-8(6-9)11(15)16/h3-6H,2,7H2,1H3,(H,15,16)(H,13,14,17). The SMILES string of the molecule is CCOC(=O)NC(=O)CSc1cccc(C(=O)O)c1. The second kappa shape index (κ2) is 7.42. The first-order chi connectivity index (χ1) is 9.02. The van der Waals surface area contributed by atoms with Gasteiger partial charge in [-0.25, -0.2) is 9.59 Å². The number of hydrogen-bond donors (Lipinski definition) is 2. The normalized spacial score (nSPS) is 9.74. The average Bonchev–Trinajstić information content (AvgIpc) is 2.37. The molecular weight excluding hydrogens is 270 g/mol. The first kappa shape index (κ1) is 15.0. The van der Waals surface area contributed by atoms with Crippen molar-refractivity contribution in [1.82, 2.24) is 5.32 Å². The van der Waals surface area contributed by atoms with Crippen molar-refractivity contribution in [2.45, 2.75) is 11.8 Å². The van der Waals surface area contributed by atoms with Gasteiger partial charge in [0.05, 0.1) is 17.9 Å². The Morgan fingerprint density at radius 1 is 1.37 bits per heavy atom. The minimum atomic E-state index is -1.03. The Balaban J connectivity index is 2.48. The fraction of sp³-hybridized carbons (Fsp3) is 0.250. The molecule has 0 aromatic heterocycles. The molecule has 0 fully saturated rings. The van der Waals surface area contributed by atoms with Gasteiger partial charge in [0.1, 0.15) is 0 Å². The highest BCUT2D eigenvalue weighted by molar-refractivity contribution is 8.00. The molecule has 0 atom stereocenters. The smallest absolute Gasteiger partial charge is 0.413 e. The van der Waals surface area contributed by atoms with Crippen LogP contribution in [-0.4, -0.2) is 35.4 Å². The Labute approximate surface area is 114 Å². The quantitative estimate of drug-likeness (QED) is 0.800. The van der Waals surface area contributed by atoms with Crippen LogP contribution in [0.15, 0.2) is 29.2 Å². The molecule has 102 valence electrons. The van der Waals surface area contributed by atoms with Gasteiger partial charge in [-0.2, -0.15) is 0 Å². The maximum atomic E-state index is 11.4. The summed E-state index contributed by atoms with van der Waals surface area (Å²) in [5.41, 5.74) is 0.149. The van der Waals surface area contributed by atoms with E-state index in [1.807, 2.05) is 0 Å². The third-order valence-electron chi connectivity index (χ3n) is 1.97. The summed E-state index contributed by atoms with van der Waals surface area (Å²) in [6.07, 6.45) is -0.785. The van der Waals surface area contributed by atoms with E-state index in [1.165, 1.54) is 12.1 Å². The highest BCUT2D eigenvalue weighted by Gasteiger charge is 2.09. The van der Waals surface area contributed by atoms with Crippen LogP contribution in [0.2, 0.25) is 0 Å². The molecule has 1 aromatic rings. The van der Waals surface area contributed by atoms with E-state index in [0.29, 0.717) is 4.90 Å². The molecule has 0 saturated heterocycles. The van der Waals surface area contributed by atoms with Gasteiger partial charge >= 0.3 is 12.1 Å². The van der Waals surface area contributed by atoms with Crippen LogP contribution in [0.3, 0.4) is 0 Å². The lowest BCUT2D eigenvalue weighted by atomic mass is 10.2. The predicted molar refractivity (Wildman–Crippen MR) is 69.3 cm³/mol. The van der Waals surface area contributed by atoms with Crippen molar-refractivity contribution in [2.75, 3.05) is 12.4 Å². The third-order valence-corrected chi connectivity index (χ3v) is 2.96. The number of nitrogens with one attached hydrogen (secondary N) is 1. The van der Waals surface area contributed by atoms with Crippen LogP contribution < -0.4 is 5.32 Å². The molecule has 6 nitrogen and oxygen atoms in total. The number of hydrogen-bond acceptors (Lipinski definition) is 5. The number of rotatable bonds is 5. The minimum absolute atomic E-state index is 0.00187. The Kier molecular flexibility index (Phi) is 5.87. The Morgan fingerprint density at radius 3 is 2.74 bits per heavy atom. The summed E-state index contributed by atoms with van der Waals surface area (Å²) in [6, 6.07) is 6.21. The Hall–Kier alpha value is -2.02. The van der Waals surface area contributed by atoms with E-state index in [0.717, 1.165) is 11.8 Å². The molecule has 7 heteroatoms. The number of aromatic carboxylic acids is 1. The van der Waals surface area contributed by atoms with E-state index < -0.39 is 18.0 Å². The summed E-state index contributed by atoms with van der Waals surface area (Å²) in [5, 5.41) is 10.9. The van der Waals surface area contributed by atoms with Gasteiger partial charge in [0, 0.05) is 4.90 Å². The van der Waals surface area contributed by atoms with E-state index in [1.54, 1.807) is 19.1 Å². The molecule has 0 spiro atoms. The first-order valence-corrected chi connectivity index (χ1v) is 6.44. The van der Waals surface area contributed by atoms with E-state index >= 15 is 0 Å². The first-order valence-electron chi connectivity index (χ1n) is 5.45. The zero-order valence-corrected chi connectivity index (χ0v) is 11.0.